The fraction of sp³-hybridized carbons (Fsp3) is 0.400. The van der Waals surface area contributed by atoms with Crippen molar-refractivity contribution < 1.29 is 29.0 Å². The zero-order chi connectivity index (χ0) is 24.0. The molecule has 0 aliphatic heterocycles. The van der Waals surface area contributed by atoms with Gasteiger partial charge in [-0.3, -0.25) is 4.79 Å². The predicted octanol–water partition coefficient (Wildman–Crippen LogP) is 3.30. The Morgan fingerprint density at radius 1 is 1.00 bits per heavy atom. The van der Waals surface area contributed by atoms with Crippen molar-refractivity contribution in [2.75, 3.05) is 20.3 Å². The quantitative estimate of drug-likeness (QED) is 0.508. The molecule has 2 aromatic rings. The molecule has 0 radical (unpaired) electrons. The standard InChI is InChI=1S/C25H30N2O6/c1-4-25(5-2,23(29)30)27-22(28)21(32-3)14-26-24(31)33-15-20-18-12-8-6-10-16(18)17-11-7-9-13-19(17)20/h6-13,20-21H,4-5,14-15H2,1-3H3,(H,26,31)(H,27,28)(H,29,30). The fourth-order valence-electron chi connectivity index (χ4n) is 4.21. The maximum Gasteiger partial charge on any atom is 0.407 e. The molecule has 1 aliphatic carbocycles. The predicted molar refractivity (Wildman–Crippen MR) is 123 cm³/mol. The van der Waals surface area contributed by atoms with Crippen molar-refractivity contribution >= 4 is 18.0 Å². The van der Waals surface area contributed by atoms with Gasteiger partial charge in [0, 0.05) is 13.0 Å². The van der Waals surface area contributed by atoms with E-state index < -0.39 is 29.6 Å². The highest BCUT2D eigenvalue weighted by atomic mass is 16.5. The second-order valence-electron chi connectivity index (χ2n) is 8.01. The number of hydrogen-bond acceptors (Lipinski definition) is 5. The van der Waals surface area contributed by atoms with Gasteiger partial charge >= 0.3 is 12.1 Å². The first-order valence-electron chi connectivity index (χ1n) is 11.0. The molecule has 176 valence electrons. The van der Waals surface area contributed by atoms with Crippen LogP contribution in [0.15, 0.2) is 48.5 Å². The zero-order valence-electron chi connectivity index (χ0n) is 19.1. The molecule has 1 unspecified atom stereocenters. The lowest BCUT2D eigenvalue weighted by Crippen LogP contribution is -2.57. The maximum atomic E-state index is 12.6. The summed E-state index contributed by atoms with van der Waals surface area (Å²) in [5.41, 5.74) is 3.09. The number of alkyl carbamates (subject to hydrolysis) is 1. The molecule has 1 atom stereocenters. The molecule has 8 heteroatoms. The number of fused-ring (bicyclic) bond motifs is 3. The summed E-state index contributed by atoms with van der Waals surface area (Å²) >= 11 is 0. The highest BCUT2D eigenvalue weighted by Crippen LogP contribution is 2.44. The van der Waals surface area contributed by atoms with E-state index in [1.54, 1.807) is 13.8 Å². The summed E-state index contributed by atoms with van der Waals surface area (Å²) in [5, 5.41) is 14.6. The number of ether oxygens (including phenoxy) is 2. The molecule has 33 heavy (non-hydrogen) atoms. The van der Waals surface area contributed by atoms with Crippen molar-refractivity contribution in [1.82, 2.24) is 10.6 Å². The number of benzene rings is 2. The normalized spacial score (nSPS) is 13.5. The Morgan fingerprint density at radius 3 is 2.03 bits per heavy atom. The first kappa shape index (κ1) is 24.3. The van der Waals surface area contributed by atoms with E-state index >= 15 is 0 Å². The van der Waals surface area contributed by atoms with Crippen LogP contribution in [0.3, 0.4) is 0 Å². The Hall–Kier alpha value is -3.39. The van der Waals surface area contributed by atoms with E-state index in [1.807, 2.05) is 36.4 Å². The first-order chi connectivity index (χ1) is 15.9. The molecule has 0 bridgehead atoms. The van der Waals surface area contributed by atoms with Gasteiger partial charge in [0.1, 0.15) is 12.1 Å². The van der Waals surface area contributed by atoms with E-state index in [4.69, 9.17) is 9.47 Å². The highest BCUT2D eigenvalue weighted by Gasteiger charge is 2.38. The molecule has 2 amide bonds. The molecule has 8 nitrogen and oxygen atoms in total. The van der Waals surface area contributed by atoms with Crippen molar-refractivity contribution in [1.29, 1.82) is 0 Å². The number of methoxy groups -OCH3 is 1. The average molecular weight is 455 g/mol. The van der Waals surface area contributed by atoms with Crippen LogP contribution in [0.4, 0.5) is 4.79 Å². The summed E-state index contributed by atoms with van der Waals surface area (Å²) in [7, 11) is 1.32. The minimum atomic E-state index is -1.38. The van der Waals surface area contributed by atoms with Crippen molar-refractivity contribution in [2.45, 2.75) is 44.2 Å². The third-order valence-electron chi connectivity index (χ3n) is 6.33. The van der Waals surface area contributed by atoms with E-state index in [1.165, 1.54) is 7.11 Å². The number of carbonyl (C=O) groups excluding carboxylic acids is 2. The van der Waals surface area contributed by atoms with Crippen LogP contribution in [-0.2, 0) is 19.1 Å². The van der Waals surface area contributed by atoms with Gasteiger partial charge in [0.2, 0.25) is 0 Å². The summed E-state index contributed by atoms with van der Waals surface area (Å²) in [6.07, 6.45) is -1.29. The largest absolute Gasteiger partial charge is 0.480 e. The second-order valence-corrected chi connectivity index (χ2v) is 8.01. The van der Waals surface area contributed by atoms with E-state index in [9.17, 15) is 19.5 Å². The van der Waals surface area contributed by atoms with Gasteiger partial charge in [-0.2, -0.15) is 0 Å². The van der Waals surface area contributed by atoms with Crippen molar-refractivity contribution in [3.8, 4) is 11.1 Å². The van der Waals surface area contributed by atoms with Crippen molar-refractivity contribution in [3.63, 3.8) is 0 Å². The third-order valence-corrected chi connectivity index (χ3v) is 6.33. The number of carboxylic acids is 1. The number of nitrogens with one attached hydrogen (secondary N) is 2. The molecule has 0 aromatic heterocycles. The third kappa shape index (κ3) is 5.01. The smallest absolute Gasteiger partial charge is 0.407 e. The average Bonchev–Trinajstić information content (AvgIpc) is 3.15. The molecule has 0 heterocycles. The maximum absolute atomic E-state index is 12.6. The van der Waals surface area contributed by atoms with Gasteiger partial charge < -0.3 is 25.2 Å². The lowest BCUT2D eigenvalue weighted by atomic mass is 9.92. The Labute approximate surface area is 193 Å². The molecule has 3 N–H and O–H groups in total. The minimum Gasteiger partial charge on any atom is -0.480 e. The lowest BCUT2D eigenvalue weighted by Gasteiger charge is -2.29. The molecule has 0 spiro atoms. The highest BCUT2D eigenvalue weighted by molar-refractivity contribution is 5.89. The summed E-state index contributed by atoms with van der Waals surface area (Å²) in [6.45, 7) is 3.38. The van der Waals surface area contributed by atoms with Crippen LogP contribution in [0, 0.1) is 0 Å². The number of amides is 2. The number of hydrogen-bond donors (Lipinski definition) is 3. The van der Waals surface area contributed by atoms with E-state index in [0.717, 1.165) is 22.3 Å². The minimum absolute atomic E-state index is 0.0741. The molecule has 0 fully saturated rings. The van der Waals surface area contributed by atoms with E-state index in [2.05, 4.69) is 22.8 Å². The number of carbonyl (C=O) groups is 3. The Balaban J connectivity index is 1.58. The Morgan fingerprint density at radius 2 is 1.55 bits per heavy atom. The van der Waals surface area contributed by atoms with Crippen LogP contribution < -0.4 is 10.6 Å². The van der Waals surface area contributed by atoms with Gasteiger partial charge in [-0.25, -0.2) is 9.59 Å². The lowest BCUT2D eigenvalue weighted by molar-refractivity contribution is -0.150. The topological polar surface area (TPSA) is 114 Å². The molecule has 3 rings (SSSR count). The van der Waals surface area contributed by atoms with Crippen molar-refractivity contribution in [2.24, 2.45) is 0 Å². The molecular weight excluding hydrogens is 424 g/mol. The molecule has 0 saturated heterocycles. The zero-order valence-corrected chi connectivity index (χ0v) is 19.1. The van der Waals surface area contributed by atoms with Gasteiger partial charge in [-0.1, -0.05) is 62.4 Å². The van der Waals surface area contributed by atoms with Gasteiger partial charge in [-0.05, 0) is 35.1 Å². The van der Waals surface area contributed by atoms with Crippen LogP contribution in [0.25, 0.3) is 11.1 Å². The summed E-state index contributed by atoms with van der Waals surface area (Å²) in [6, 6.07) is 16.1. The van der Waals surface area contributed by atoms with E-state index in [-0.39, 0.29) is 31.9 Å². The number of aliphatic carboxylic acids is 1. The monoisotopic (exact) mass is 454 g/mol. The number of rotatable bonds is 10. The van der Waals surface area contributed by atoms with Crippen LogP contribution in [0.5, 0.6) is 0 Å². The second kappa shape index (κ2) is 10.5. The first-order valence-corrected chi connectivity index (χ1v) is 11.0. The van der Waals surface area contributed by atoms with Gasteiger partial charge in [0.05, 0.1) is 6.54 Å². The van der Waals surface area contributed by atoms with E-state index in [0.29, 0.717) is 0 Å². The summed E-state index contributed by atoms with van der Waals surface area (Å²) < 4.78 is 10.6. The van der Waals surface area contributed by atoms with Crippen LogP contribution in [-0.4, -0.2) is 55.0 Å². The molecule has 0 saturated carbocycles. The summed E-state index contributed by atoms with van der Waals surface area (Å²) in [4.78, 5) is 36.6. The van der Waals surface area contributed by atoms with Crippen LogP contribution in [0.1, 0.15) is 43.7 Å². The Kier molecular flexibility index (Phi) is 7.71. The van der Waals surface area contributed by atoms with Crippen LogP contribution in [0.2, 0.25) is 0 Å². The Bertz CT molecular complexity index is 972. The van der Waals surface area contributed by atoms with Crippen LogP contribution >= 0.6 is 0 Å². The number of carboxylic acid groups (broad SMARTS) is 1. The van der Waals surface area contributed by atoms with Crippen molar-refractivity contribution in [3.05, 3.63) is 59.7 Å². The van der Waals surface area contributed by atoms with Gasteiger partial charge in [0.25, 0.3) is 5.91 Å². The summed E-state index contributed by atoms with van der Waals surface area (Å²) in [5.74, 6) is -1.79. The SMILES string of the molecule is CCC(CC)(NC(=O)C(CNC(=O)OCC1c2ccccc2-c2ccccc21)OC)C(=O)O. The molecule has 2 aromatic carbocycles. The van der Waals surface area contributed by atoms with Gasteiger partial charge in [-0.15, -0.1) is 0 Å². The van der Waals surface area contributed by atoms with Gasteiger partial charge in [0.15, 0.2) is 6.10 Å². The molecule has 1 aliphatic rings. The molecular formula is C25H30N2O6. The fourth-order valence-corrected chi connectivity index (χ4v) is 4.21.